The molecular weight excluding hydrogens is 735 g/mol. The van der Waals surface area contributed by atoms with Crippen molar-refractivity contribution in [3.63, 3.8) is 0 Å². The van der Waals surface area contributed by atoms with E-state index in [1.54, 1.807) is 0 Å². The molecule has 0 fully saturated rings. The van der Waals surface area contributed by atoms with E-state index in [-0.39, 0.29) is 0 Å². The molecule has 0 spiro atoms. The van der Waals surface area contributed by atoms with Crippen LogP contribution in [0.2, 0.25) is 0 Å². The monoisotopic (exact) mass is 769 g/mol. The van der Waals surface area contributed by atoms with Crippen LogP contribution in [0.1, 0.15) is 0 Å². The van der Waals surface area contributed by atoms with E-state index in [0.29, 0.717) is 0 Å². The molecule has 0 saturated carbocycles. The smallest absolute Gasteiger partial charge is 0.143 e. The molecule has 59 heavy (non-hydrogen) atoms. The summed E-state index contributed by atoms with van der Waals surface area (Å²) in [5.41, 5.74) is 12.0. The lowest BCUT2D eigenvalue weighted by Crippen LogP contribution is -2.12. The van der Waals surface area contributed by atoms with Gasteiger partial charge in [-0.1, -0.05) is 170 Å². The lowest BCUT2D eigenvalue weighted by atomic mass is 9.90. The molecule has 0 unspecified atom stereocenters. The van der Waals surface area contributed by atoms with Gasteiger partial charge in [0.25, 0.3) is 0 Å². The summed E-state index contributed by atoms with van der Waals surface area (Å²) < 4.78 is 9.20. The topological polar surface area (TPSA) is 16.4 Å². The molecular formula is C56H35NOS. The highest BCUT2D eigenvalue weighted by Crippen LogP contribution is 2.50. The number of para-hydroxylation sites is 2. The molecule has 2 nitrogen and oxygen atoms in total. The van der Waals surface area contributed by atoms with Gasteiger partial charge in [0.1, 0.15) is 11.2 Å². The molecule has 0 radical (unpaired) electrons. The summed E-state index contributed by atoms with van der Waals surface area (Å²) in [5, 5.41) is 9.75. The van der Waals surface area contributed by atoms with Gasteiger partial charge in [-0.3, -0.25) is 0 Å². The largest absolute Gasteiger partial charge is 0.455 e. The number of fused-ring (bicyclic) bond motifs is 9. The lowest BCUT2D eigenvalue weighted by molar-refractivity contribution is 0.670. The molecule has 0 saturated heterocycles. The van der Waals surface area contributed by atoms with Gasteiger partial charge in [0.2, 0.25) is 0 Å². The second-order valence-electron chi connectivity index (χ2n) is 15.2. The van der Waals surface area contributed by atoms with E-state index in [1.165, 1.54) is 64.0 Å². The summed E-state index contributed by atoms with van der Waals surface area (Å²) in [6.07, 6.45) is 0. The van der Waals surface area contributed by atoms with Gasteiger partial charge < -0.3 is 9.32 Å². The number of hydrogen-bond acceptors (Lipinski definition) is 3. The van der Waals surface area contributed by atoms with Gasteiger partial charge in [0, 0.05) is 58.8 Å². The van der Waals surface area contributed by atoms with E-state index in [9.17, 15) is 0 Å². The molecule has 0 aliphatic carbocycles. The number of furan rings is 1. The van der Waals surface area contributed by atoms with Crippen molar-refractivity contribution in [2.24, 2.45) is 0 Å². The molecule has 0 N–H and O–H groups in total. The van der Waals surface area contributed by atoms with E-state index in [1.807, 2.05) is 17.4 Å². The number of thiophene rings is 1. The summed E-state index contributed by atoms with van der Waals surface area (Å²) in [7, 11) is 0. The number of hydrogen-bond donors (Lipinski definition) is 0. The molecule has 0 amide bonds. The molecule has 0 bridgehead atoms. The maximum Gasteiger partial charge on any atom is 0.143 e. The third-order valence-corrected chi connectivity index (χ3v) is 13.0. The maximum absolute atomic E-state index is 6.58. The molecule has 276 valence electrons. The van der Waals surface area contributed by atoms with Gasteiger partial charge >= 0.3 is 0 Å². The fraction of sp³-hybridized carbons (Fsp3) is 0. The van der Waals surface area contributed by atoms with Crippen molar-refractivity contribution in [3.8, 4) is 33.4 Å². The molecule has 2 heterocycles. The first kappa shape index (κ1) is 33.7. The second kappa shape index (κ2) is 13.6. The van der Waals surface area contributed by atoms with Crippen molar-refractivity contribution in [2.45, 2.75) is 0 Å². The van der Waals surface area contributed by atoms with Gasteiger partial charge in [-0.15, -0.1) is 11.3 Å². The number of benzene rings is 10. The fourth-order valence-corrected chi connectivity index (χ4v) is 10.3. The normalized spacial score (nSPS) is 11.7. The Balaban J connectivity index is 1.10. The van der Waals surface area contributed by atoms with Gasteiger partial charge in [-0.2, -0.15) is 0 Å². The Morgan fingerprint density at radius 3 is 1.78 bits per heavy atom. The number of rotatable bonds is 6. The second-order valence-corrected chi connectivity index (χ2v) is 16.3. The minimum absolute atomic E-state index is 0.898. The van der Waals surface area contributed by atoms with E-state index in [4.69, 9.17) is 4.42 Å². The van der Waals surface area contributed by atoms with E-state index in [0.717, 1.165) is 50.1 Å². The Kier molecular flexibility index (Phi) is 7.75. The van der Waals surface area contributed by atoms with Gasteiger partial charge in [-0.25, -0.2) is 0 Å². The summed E-state index contributed by atoms with van der Waals surface area (Å²) in [5.74, 6) is 0. The zero-order valence-electron chi connectivity index (χ0n) is 32.0. The average Bonchev–Trinajstić information content (AvgIpc) is 3.88. The molecule has 12 rings (SSSR count). The number of nitrogens with zero attached hydrogens (tertiary/aromatic N) is 1. The van der Waals surface area contributed by atoms with Crippen LogP contribution in [-0.2, 0) is 0 Å². The molecule has 12 aromatic rings. The maximum atomic E-state index is 6.58. The minimum Gasteiger partial charge on any atom is -0.455 e. The quantitative estimate of drug-likeness (QED) is 0.157. The van der Waals surface area contributed by atoms with E-state index < -0.39 is 0 Å². The van der Waals surface area contributed by atoms with E-state index >= 15 is 0 Å². The Labute approximate surface area is 345 Å². The SMILES string of the molecule is c1ccc(-c2c(N(c3ccc(-c4ccc5c(c4)sc4ccccc45)cc3)c3cccc(-c4cccc5c4oc4ccccc45)c3)c3ccccc3c3ccccc23)cc1. The van der Waals surface area contributed by atoms with Crippen LogP contribution in [0.4, 0.5) is 17.1 Å². The Morgan fingerprint density at radius 1 is 0.339 bits per heavy atom. The summed E-state index contributed by atoms with van der Waals surface area (Å²) in [4.78, 5) is 2.47. The van der Waals surface area contributed by atoms with E-state index in [2.05, 4.69) is 211 Å². The van der Waals surface area contributed by atoms with Gasteiger partial charge in [0.15, 0.2) is 0 Å². The third-order valence-electron chi connectivity index (χ3n) is 11.8. The first-order valence-corrected chi connectivity index (χ1v) is 20.9. The van der Waals surface area contributed by atoms with Gasteiger partial charge in [0.05, 0.1) is 5.69 Å². The predicted octanol–water partition coefficient (Wildman–Crippen LogP) is 16.7. The summed E-state index contributed by atoms with van der Waals surface area (Å²) >= 11 is 1.86. The highest BCUT2D eigenvalue weighted by atomic mass is 32.1. The zero-order valence-corrected chi connectivity index (χ0v) is 32.8. The third kappa shape index (κ3) is 5.47. The van der Waals surface area contributed by atoms with Crippen molar-refractivity contribution in [1.82, 2.24) is 0 Å². The fourth-order valence-electron chi connectivity index (χ4n) is 9.15. The van der Waals surface area contributed by atoms with Crippen molar-refractivity contribution in [1.29, 1.82) is 0 Å². The van der Waals surface area contributed by atoms with Crippen LogP contribution in [0.15, 0.2) is 217 Å². The van der Waals surface area contributed by atoms with Crippen LogP contribution in [0.5, 0.6) is 0 Å². The first-order chi connectivity index (χ1) is 29.3. The van der Waals surface area contributed by atoms with Crippen molar-refractivity contribution < 1.29 is 4.42 Å². The van der Waals surface area contributed by atoms with Crippen LogP contribution in [0, 0.1) is 0 Å². The summed E-state index contributed by atoms with van der Waals surface area (Å²) in [6.45, 7) is 0. The summed E-state index contributed by atoms with van der Waals surface area (Å²) in [6, 6.07) is 77.0. The van der Waals surface area contributed by atoms with Crippen LogP contribution in [0.3, 0.4) is 0 Å². The van der Waals surface area contributed by atoms with Crippen molar-refractivity contribution >= 4 is 92.1 Å². The standard InChI is InChI=1S/C56H35NOS/c1-2-14-37(15-3-1)54-48-22-6-4-18-43(48)44-19-5-7-23-49(44)55(54)57(40-31-28-36(29-32-40)38-30-33-47-46-21-9-11-27-52(46)59-53(47)35-38)41-17-12-16-39(34-41)42-24-13-25-50-45-20-8-10-26-51(45)58-56(42)50/h1-35H. The molecule has 2 aromatic heterocycles. The van der Waals surface area contributed by atoms with Crippen molar-refractivity contribution in [3.05, 3.63) is 212 Å². The highest BCUT2D eigenvalue weighted by molar-refractivity contribution is 7.25. The van der Waals surface area contributed by atoms with Crippen LogP contribution in [0.25, 0.3) is 97.0 Å². The Bertz CT molecular complexity index is 3560. The average molecular weight is 770 g/mol. The van der Waals surface area contributed by atoms with Crippen LogP contribution < -0.4 is 4.90 Å². The molecule has 3 heteroatoms. The number of anilines is 3. The Hall–Kier alpha value is -7.46. The van der Waals surface area contributed by atoms with Gasteiger partial charge in [-0.05, 0) is 80.9 Å². The predicted molar refractivity (Wildman–Crippen MR) is 253 cm³/mol. The van der Waals surface area contributed by atoms with Crippen LogP contribution >= 0.6 is 11.3 Å². The Morgan fingerprint density at radius 2 is 0.949 bits per heavy atom. The molecule has 0 atom stereocenters. The molecule has 10 aromatic carbocycles. The minimum atomic E-state index is 0.898. The lowest BCUT2D eigenvalue weighted by Gasteiger charge is -2.31. The zero-order chi connectivity index (χ0) is 38.9. The molecule has 0 aliphatic rings. The van der Waals surface area contributed by atoms with Crippen LogP contribution in [-0.4, -0.2) is 0 Å². The first-order valence-electron chi connectivity index (χ1n) is 20.1. The molecule has 0 aliphatic heterocycles. The highest BCUT2D eigenvalue weighted by Gasteiger charge is 2.24. The van der Waals surface area contributed by atoms with Crippen molar-refractivity contribution in [2.75, 3.05) is 4.90 Å².